The van der Waals surface area contributed by atoms with Crippen molar-refractivity contribution in [3.63, 3.8) is 0 Å². The van der Waals surface area contributed by atoms with Gasteiger partial charge in [-0.2, -0.15) is 0 Å². The van der Waals surface area contributed by atoms with E-state index in [0.717, 1.165) is 6.07 Å². The number of benzene rings is 1. The van der Waals surface area contributed by atoms with Crippen LogP contribution in [-0.4, -0.2) is 27.1 Å². The molecule has 1 rings (SSSR count). The molecule has 106 valence electrons. The van der Waals surface area contributed by atoms with E-state index >= 15 is 0 Å². The molecule has 2 N–H and O–H groups in total. The summed E-state index contributed by atoms with van der Waals surface area (Å²) in [5.74, 6) is -0.492. The van der Waals surface area contributed by atoms with Gasteiger partial charge in [0.05, 0.1) is 18.3 Å². The maximum Gasteiger partial charge on any atom is 0.338 e. The highest BCUT2D eigenvalue weighted by atomic mass is 32.2. The van der Waals surface area contributed by atoms with Crippen LogP contribution < -0.4 is 9.88 Å². The Morgan fingerprint density at radius 2 is 2.00 bits per heavy atom. The van der Waals surface area contributed by atoms with E-state index in [1.165, 1.54) is 12.1 Å². The minimum atomic E-state index is -3.98. The second kappa shape index (κ2) is 6.03. The van der Waals surface area contributed by atoms with Crippen molar-refractivity contribution in [3.8, 4) is 5.75 Å². The van der Waals surface area contributed by atoms with E-state index in [4.69, 9.17) is 14.6 Å². The molecule has 0 bridgehead atoms. The van der Waals surface area contributed by atoms with Crippen molar-refractivity contribution in [1.82, 2.24) is 0 Å². The Morgan fingerprint density at radius 3 is 2.47 bits per heavy atom. The zero-order valence-corrected chi connectivity index (χ0v) is 11.9. The predicted octanol–water partition coefficient (Wildman–Crippen LogP) is 1.30. The van der Waals surface area contributed by atoms with E-state index in [1.807, 2.05) is 0 Å². The molecule has 19 heavy (non-hydrogen) atoms. The highest BCUT2D eigenvalue weighted by Gasteiger charge is 2.19. The van der Waals surface area contributed by atoms with Crippen LogP contribution in [0.5, 0.6) is 5.75 Å². The fourth-order valence-corrected chi connectivity index (χ4v) is 2.11. The van der Waals surface area contributed by atoms with Crippen molar-refractivity contribution in [2.75, 3.05) is 6.61 Å². The first kappa shape index (κ1) is 15.5. The first-order valence-electron chi connectivity index (χ1n) is 5.76. The molecular formula is C12H17NO5S. The maximum atomic E-state index is 11.6. The number of hydrogen-bond donors (Lipinski definition) is 1. The molecule has 6 nitrogen and oxygen atoms in total. The van der Waals surface area contributed by atoms with Crippen molar-refractivity contribution in [1.29, 1.82) is 0 Å². The summed E-state index contributed by atoms with van der Waals surface area (Å²) in [5, 5.41) is 5.12. The molecule has 0 aliphatic heterocycles. The highest BCUT2D eigenvalue weighted by molar-refractivity contribution is 7.89. The SMILES string of the molecule is CCOC(=O)c1ccc(OC(C)C)c(S(N)(=O)=O)c1. The van der Waals surface area contributed by atoms with Gasteiger partial charge in [-0.3, -0.25) is 0 Å². The summed E-state index contributed by atoms with van der Waals surface area (Å²) in [4.78, 5) is 11.3. The second-order valence-corrected chi connectivity index (χ2v) is 5.62. The predicted molar refractivity (Wildman–Crippen MR) is 69.5 cm³/mol. The molecule has 0 spiro atoms. The van der Waals surface area contributed by atoms with Crippen molar-refractivity contribution < 1.29 is 22.7 Å². The Balaban J connectivity index is 3.27. The lowest BCUT2D eigenvalue weighted by atomic mass is 10.2. The van der Waals surface area contributed by atoms with Crippen LogP contribution in [-0.2, 0) is 14.8 Å². The number of esters is 1. The average Bonchev–Trinajstić information content (AvgIpc) is 2.27. The number of rotatable bonds is 5. The molecule has 1 aromatic rings. The van der Waals surface area contributed by atoms with Gasteiger partial charge in [0.1, 0.15) is 10.6 Å². The summed E-state index contributed by atoms with van der Waals surface area (Å²) in [7, 11) is -3.98. The quantitative estimate of drug-likeness (QED) is 0.823. The van der Waals surface area contributed by atoms with Gasteiger partial charge >= 0.3 is 5.97 Å². The van der Waals surface area contributed by atoms with Crippen molar-refractivity contribution in [2.45, 2.75) is 31.8 Å². The van der Waals surface area contributed by atoms with Crippen LogP contribution in [0.25, 0.3) is 0 Å². The van der Waals surface area contributed by atoms with Crippen LogP contribution in [0.15, 0.2) is 23.1 Å². The molecule has 0 aliphatic carbocycles. The summed E-state index contributed by atoms with van der Waals surface area (Å²) in [6.45, 7) is 5.38. The summed E-state index contributed by atoms with van der Waals surface area (Å²) in [5.41, 5.74) is 0.113. The van der Waals surface area contributed by atoms with Gasteiger partial charge in [-0.05, 0) is 39.0 Å². The monoisotopic (exact) mass is 287 g/mol. The summed E-state index contributed by atoms with van der Waals surface area (Å²) in [6, 6.07) is 3.99. The second-order valence-electron chi connectivity index (χ2n) is 4.09. The van der Waals surface area contributed by atoms with Gasteiger partial charge in [0.2, 0.25) is 10.0 Å². The number of carbonyl (C=O) groups excluding carboxylic acids is 1. The lowest BCUT2D eigenvalue weighted by Gasteiger charge is -2.14. The molecule has 0 fully saturated rings. The number of nitrogens with two attached hydrogens (primary N) is 1. The molecule has 0 aliphatic rings. The molecule has 0 radical (unpaired) electrons. The minimum Gasteiger partial charge on any atom is -0.490 e. The zero-order valence-electron chi connectivity index (χ0n) is 11.0. The van der Waals surface area contributed by atoms with E-state index in [1.54, 1.807) is 20.8 Å². The lowest BCUT2D eigenvalue weighted by molar-refractivity contribution is 0.0526. The number of primary sulfonamides is 1. The fourth-order valence-electron chi connectivity index (χ4n) is 1.42. The lowest BCUT2D eigenvalue weighted by Crippen LogP contribution is -2.17. The molecule has 0 amide bonds. The highest BCUT2D eigenvalue weighted by Crippen LogP contribution is 2.25. The van der Waals surface area contributed by atoms with Gasteiger partial charge in [-0.1, -0.05) is 0 Å². The molecule has 0 saturated carbocycles. The van der Waals surface area contributed by atoms with Crippen LogP contribution in [0.1, 0.15) is 31.1 Å². The van der Waals surface area contributed by atoms with Crippen LogP contribution in [0, 0.1) is 0 Å². The Bertz CT molecular complexity index is 565. The van der Waals surface area contributed by atoms with Crippen LogP contribution in [0.3, 0.4) is 0 Å². The molecule has 0 saturated heterocycles. The van der Waals surface area contributed by atoms with Gasteiger partial charge in [0.25, 0.3) is 0 Å². The van der Waals surface area contributed by atoms with Gasteiger partial charge in [0.15, 0.2) is 0 Å². The summed E-state index contributed by atoms with van der Waals surface area (Å²) >= 11 is 0. The van der Waals surface area contributed by atoms with Gasteiger partial charge < -0.3 is 9.47 Å². The Labute approximate surface area is 112 Å². The fraction of sp³-hybridized carbons (Fsp3) is 0.417. The standard InChI is InChI=1S/C12H17NO5S/c1-4-17-12(14)9-5-6-10(18-8(2)3)11(7-9)19(13,15)16/h5-8H,4H2,1-3H3,(H2,13,15,16). The topological polar surface area (TPSA) is 95.7 Å². The molecule has 0 atom stereocenters. The number of sulfonamides is 1. The Morgan fingerprint density at radius 1 is 1.37 bits per heavy atom. The first-order chi connectivity index (χ1) is 8.75. The van der Waals surface area contributed by atoms with Crippen molar-refractivity contribution in [2.24, 2.45) is 5.14 Å². The molecule has 0 heterocycles. The largest absolute Gasteiger partial charge is 0.490 e. The third kappa shape index (κ3) is 4.22. The minimum absolute atomic E-state index is 0.113. The molecule has 7 heteroatoms. The van der Waals surface area contributed by atoms with Gasteiger partial charge in [-0.15, -0.1) is 0 Å². The van der Waals surface area contributed by atoms with E-state index in [2.05, 4.69) is 0 Å². The van der Waals surface area contributed by atoms with Crippen LogP contribution >= 0.6 is 0 Å². The number of hydrogen-bond acceptors (Lipinski definition) is 5. The third-order valence-electron chi connectivity index (χ3n) is 2.12. The Hall–Kier alpha value is -1.60. The van der Waals surface area contributed by atoms with Crippen LogP contribution in [0.2, 0.25) is 0 Å². The van der Waals surface area contributed by atoms with Gasteiger partial charge in [-0.25, -0.2) is 18.4 Å². The zero-order chi connectivity index (χ0) is 14.6. The van der Waals surface area contributed by atoms with Crippen LogP contribution in [0.4, 0.5) is 0 Å². The Kier molecular flexibility index (Phi) is 4.90. The average molecular weight is 287 g/mol. The maximum absolute atomic E-state index is 11.6. The normalized spacial score (nSPS) is 11.4. The number of ether oxygens (including phenoxy) is 2. The van der Waals surface area contributed by atoms with E-state index in [0.29, 0.717) is 0 Å². The van der Waals surface area contributed by atoms with E-state index in [9.17, 15) is 13.2 Å². The smallest absolute Gasteiger partial charge is 0.338 e. The van der Waals surface area contributed by atoms with Crippen molar-refractivity contribution in [3.05, 3.63) is 23.8 Å². The summed E-state index contributed by atoms with van der Waals surface area (Å²) < 4.78 is 33.2. The number of carbonyl (C=O) groups is 1. The van der Waals surface area contributed by atoms with E-state index < -0.39 is 16.0 Å². The molecule has 0 aromatic heterocycles. The molecule has 1 aromatic carbocycles. The molecule has 0 unspecified atom stereocenters. The van der Waals surface area contributed by atoms with Gasteiger partial charge in [0, 0.05) is 0 Å². The first-order valence-corrected chi connectivity index (χ1v) is 7.31. The van der Waals surface area contributed by atoms with E-state index in [-0.39, 0.29) is 28.9 Å². The van der Waals surface area contributed by atoms with Crippen molar-refractivity contribution >= 4 is 16.0 Å². The third-order valence-corrected chi connectivity index (χ3v) is 3.06. The summed E-state index contributed by atoms with van der Waals surface area (Å²) in [6.07, 6.45) is -0.214. The molecular weight excluding hydrogens is 270 g/mol.